The zero-order valence-corrected chi connectivity index (χ0v) is 19.2. The lowest BCUT2D eigenvalue weighted by Crippen LogP contribution is -2.31. The van der Waals surface area contributed by atoms with Gasteiger partial charge in [0.15, 0.2) is 0 Å². The fourth-order valence-electron chi connectivity index (χ4n) is 4.16. The number of amides is 1. The quantitative estimate of drug-likeness (QED) is 0.583. The lowest BCUT2D eigenvalue weighted by molar-refractivity contribution is 0.102. The van der Waals surface area contributed by atoms with Gasteiger partial charge in [0.1, 0.15) is 0 Å². The molecule has 1 N–H and O–H groups in total. The van der Waals surface area contributed by atoms with Crippen LogP contribution in [-0.2, 0) is 10.0 Å². The van der Waals surface area contributed by atoms with Crippen LogP contribution in [0.15, 0.2) is 59.6 Å². The van der Waals surface area contributed by atoms with Gasteiger partial charge in [-0.2, -0.15) is 4.31 Å². The third kappa shape index (κ3) is 4.33. The van der Waals surface area contributed by atoms with Gasteiger partial charge in [0.25, 0.3) is 5.91 Å². The van der Waals surface area contributed by atoms with Gasteiger partial charge in [-0.25, -0.2) is 8.42 Å². The zero-order valence-electron chi connectivity index (χ0n) is 18.4. The molecule has 1 aliphatic rings. The summed E-state index contributed by atoms with van der Waals surface area (Å²) in [5.41, 5.74) is 2.61. The minimum absolute atomic E-state index is 0.136. The standard InChI is InChI=1S/C24H28N4O3S/c1-3-28(4-2)32(30,31)20-10-12-23(27-14-5-6-15-27)21(17-20)24(29)26-19-9-11-22-18(16-19)8-7-13-25-22/h7-13,16-17H,3-6,14-15H2,1-2H3,(H,26,29). The van der Waals surface area contributed by atoms with Crippen molar-refractivity contribution < 1.29 is 13.2 Å². The van der Waals surface area contributed by atoms with Gasteiger partial charge >= 0.3 is 0 Å². The van der Waals surface area contributed by atoms with Crippen LogP contribution in [0.2, 0.25) is 0 Å². The van der Waals surface area contributed by atoms with E-state index >= 15 is 0 Å². The molecule has 168 valence electrons. The Balaban J connectivity index is 1.72. The molecule has 0 saturated carbocycles. The molecule has 3 aromatic rings. The Bertz CT molecular complexity index is 1230. The summed E-state index contributed by atoms with van der Waals surface area (Å²) in [6.45, 7) is 6.07. The Morgan fingerprint density at radius 2 is 1.81 bits per heavy atom. The topological polar surface area (TPSA) is 82.6 Å². The number of sulfonamides is 1. The van der Waals surface area contributed by atoms with E-state index in [1.54, 1.807) is 24.4 Å². The number of benzene rings is 2. The molecule has 1 aliphatic heterocycles. The summed E-state index contributed by atoms with van der Waals surface area (Å²) < 4.78 is 27.6. The number of pyridine rings is 1. The molecule has 8 heteroatoms. The number of hydrogen-bond donors (Lipinski definition) is 1. The van der Waals surface area contributed by atoms with Crippen molar-refractivity contribution in [2.75, 3.05) is 36.4 Å². The number of nitrogens with one attached hydrogen (secondary N) is 1. The van der Waals surface area contributed by atoms with Crippen molar-refractivity contribution in [1.82, 2.24) is 9.29 Å². The molecule has 2 aromatic carbocycles. The number of anilines is 2. The molecule has 1 fully saturated rings. The summed E-state index contributed by atoms with van der Waals surface area (Å²) in [4.78, 5) is 19.9. The highest BCUT2D eigenvalue weighted by Gasteiger charge is 2.26. The van der Waals surface area contributed by atoms with Crippen molar-refractivity contribution in [3.8, 4) is 0 Å². The largest absolute Gasteiger partial charge is 0.371 e. The number of hydrogen-bond acceptors (Lipinski definition) is 5. The molecule has 1 saturated heterocycles. The number of fused-ring (bicyclic) bond motifs is 1. The molecule has 0 aliphatic carbocycles. The predicted octanol–water partition coefficient (Wildman–Crippen LogP) is 4.12. The van der Waals surface area contributed by atoms with Gasteiger partial charge in [0, 0.05) is 49.1 Å². The van der Waals surface area contributed by atoms with E-state index < -0.39 is 10.0 Å². The summed E-state index contributed by atoms with van der Waals surface area (Å²) >= 11 is 0. The third-order valence-electron chi connectivity index (χ3n) is 5.86. The minimum Gasteiger partial charge on any atom is -0.371 e. The molecule has 0 spiro atoms. The number of rotatable bonds is 7. The fourth-order valence-corrected chi connectivity index (χ4v) is 5.64. The van der Waals surface area contributed by atoms with Gasteiger partial charge in [-0.15, -0.1) is 0 Å². The molecule has 2 heterocycles. The Kier molecular flexibility index (Phi) is 6.43. The molecule has 32 heavy (non-hydrogen) atoms. The van der Waals surface area contributed by atoms with Crippen molar-refractivity contribution >= 4 is 38.2 Å². The summed E-state index contributed by atoms with van der Waals surface area (Å²) in [6.07, 6.45) is 3.83. The normalized spacial score (nSPS) is 14.3. The van der Waals surface area contributed by atoms with E-state index in [0.29, 0.717) is 24.3 Å². The summed E-state index contributed by atoms with van der Waals surface area (Å²) in [7, 11) is -3.67. The van der Waals surface area contributed by atoms with E-state index in [1.807, 2.05) is 38.1 Å². The van der Waals surface area contributed by atoms with Crippen molar-refractivity contribution in [3.05, 3.63) is 60.3 Å². The summed E-state index contributed by atoms with van der Waals surface area (Å²) in [6, 6.07) is 14.2. The first-order chi connectivity index (χ1) is 15.4. The predicted molar refractivity (Wildman–Crippen MR) is 128 cm³/mol. The van der Waals surface area contributed by atoms with Crippen LogP contribution >= 0.6 is 0 Å². The van der Waals surface area contributed by atoms with Crippen molar-refractivity contribution in [2.45, 2.75) is 31.6 Å². The molecular weight excluding hydrogens is 424 g/mol. The van der Waals surface area contributed by atoms with E-state index in [4.69, 9.17) is 0 Å². The van der Waals surface area contributed by atoms with Crippen LogP contribution in [-0.4, -0.2) is 49.8 Å². The Morgan fingerprint density at radius 1 is 1.06 bits per heavy atom. The summed E-state index contributed by atoms with van der Waals surface area (Å²) in [5, 5.41) is 3.87. The molecule has 0 bridgehead atoms. The highest BCUT2D eigenvalue weighted by atomic mass is 32.2. The molecule has 4 rings (SSSR count). The molecule has 0 radical (unpaired) electrons. The first-order valence-electron chi connectivity index (χ1n) is 11.0. The first-order valence-corrected chi connectivity index (χ1v) is 12.4. The van der Waals surface area contributed by atoms with Crippen molar-refractivity contribution in [1.29, 1.82) is 0 Å². The molecular formula is C24H28N4O3S. The lowest BCUT2D eigenvalue weighted by atomic mass is 10.1. The van der Waals surface area contributed by atoms with Crippen LogP contribution in [0, 0.1) is 0 Å². The van der Waals surface area contributed by atoms with Gasteiger partial charge in [-0.3, -0.25) is 9.78 Å². The smallest absolute Gasteiger partial charge is 0.257 e. The fraction of sp³-hybridized carbons (Fsp3) is 0.333. The van der Waals surface area contributed by atoms with Crippen LogP contribution in [0.25, 0.3) is 10.9 Å². The van der Waals surface area contributed by atoms with Crippen LogP contribution in [0.5, 0.6) is 0 Å². The van der Waals surface area contributed by atoms with Crippen molar-refractivity contribution in [2.24, 2.45) is 0 Å². The second kappa shape index (κ2) is 9.26. The van der Waals surface area contributed by atoms with Crippen LogP contribution in [0.1, 0.15) is 37.0 Å². The second-order valence-corrected chi connectivity index (χ2v) is 9.77. The van der Waals surface area contributed by atoms with Crippen molar-refractivity contribution in [3.63, 3.8) is 0 Å². The molecule has 0 atom stereocenters. The maximum atomic E-state index is 13.4. The highest BCUT2D eigenvalue weighted by Crippen LogP contribution is 2.29. The first kappa shape index (κ1) is 22.2. The monoisotopic (exact) mass is 452 g/mol. The average molecular weight is 453 g/mol. The van der Waals surface area contributed by atoms with E-state index in [-0.39, 0.29) is 10.8 Å². The lowest BCUT2D eigenvalue weighted by Gasteiger charge is -2.23. The van der Waals surface area contributed by atoms with E-state index in [1.165, 1.54) is 10.4 Å². The Morgan fingerprint density at radius 3 is 2.53 bits per heavy atom. The molecule has 1 amide bonds. The van der Waals surface area contributed by atoms with Gasteiger partial charge in [0.2, 0.25) is 10.0 Å². The molecule has 7 nitrogen and oxygen atoms in total. The van der Waals surface area contributed by atoms with E-state index in [0.717, 1.165) is 42.5 Å². The maximum absolute atomic E-state index is 13.4. The Hall–Kier alpha value is -2.97. The third-order valence-corrected chi connectivity index (χ3v) is 7.91. The minimum atomic E-state index is -3.67. The number of aromatic nitrogens is 1. The SMILES string of the molecule is CCN(CC)S(=O)(=O)c1ccc(N2CCCC2)c(C(=O)Nc2ccc3ncccc3c2)c1. The zero-order chi connectivity index (χ0) is 22.7. The van der Waals surface area contributed by atoms with Gasteiger partial charge < -0.3 is 10.2 Å². The van der Waals surface area contributed by atoms with E-state index in [2.05, 4.69) is 15.2 Å². The number of nitrogens with zero attached hydrogens (tertiary/aromatic N) is 3. The van der Waals surface area contributed by atoms with E-state index in [9.17, 15) is 13.2 Å². The van der Waals surface area contributed by atoms with Gasteiger partial charge in [-0.1, -0.05) is 19.9 Å². The Labute approximate surface area is 189 Å². The second-order valence-electron chi connectivity index (χ2n) is 7.83. The average Bonchev–Trinajstić information content (AvgIpc) is 3.34. The molecule has 0 unspecified atom stereocenters. The van der Waals surface area contributed by atoms with Gasteiger partial charge in [0.05, 0.1) is 16.0 Å². The number of carbonyl (C=O) groups excluding carboxylic acids is 1. The van der Waals surface area contributed by atoms with Crippen LogP contribution < -0.4 is 10.2 Å². The summed E-state index contributed by atoms with van der Waals surface area (Å²) in [5.74, 6) is -0.327. The maximum Gasteiger partial charge on any atom is 0.257 e. The van der Waals surface area contributed by atoms with Crippen LogP contribution in [0.3, 0.4) is 0 Å². The van der Waals surface area contributed by atoms with Gasteiger partial charge in [-0.05, 0) is 55.3 Å². The van der Waals surface area contributed by atoms with Crippen LogP contribution in [0.4, 0.5) is 11.4 Å². The molecule has 1 aromatic heterocycles. The number of carbonyl (C=O) groups is 1. The highest BCUT2D eigenvalue weighted by molar-refractivity contribution is 7.89.